The Labute approximate surface area is 148 Å². The fourth-order valence-corrected chi connectivity index (χ4v) is 3.47. The van der Waals surface area contributed by atoms with Crippen molar-refractivity contribution in [3.8, 4) is 17.2 Å². The first-order valence-electron chi connectivity index (χ1n) is 8.72. The molecule has 0 unspecified atom stereocenters. The Balaban J connectivity index is 1.61. The van der Waals surface area contributed by atoms with Crippen molar-refractivity contribution < 1.29 is 28.4 Å². The van der Waals surface area contributed by atoms with Gasteiger partial charge in [0.15, 0.2) is 17.3 Å². The van der Waals surface area contributed by atoms with E-state index in [9.17, 15) is 0 Å². The van der Waals surface area contributed by atoms with Gasteiger partial charge in [-0.2, -0.15) is 0 Å². The highest BCUT2D eigenvalue weighted by atomic mass is 16.5. The molecule has 1 aliphatic heterocycles. The molecule has 0 amide bonds. The van der Waals surface area contributed by atoms with Gasteiger partial charge in [0.2, 0.25) is 0 Å². The van der Waals surface area contributed by atoms with E-state index in [-0.39, 0.29) is 0 Å². The lowest BCUT2D eigenvalue weighted by atomic mass is 10.1. The van der Waals surface area contributed by atoms with Gasteiger partial charge >= 0.3 is 0 Å². The fourth-order valence-electron chi connectivity index (χ4n) is 3.47. The van der Waals surface area contributed by atoms with Crippen LogP contribution in [0.2, 0.25) is 0 Å². The van der Waals surface area contributed by atoms with Crippen LogP contribution in [-0.2, 0) is 13.1 Å². The molecule has 1 fully saturated rings. The summed E-state index contributed by atoms with van der Waals surface area (Å²) in [6.07, 6.45) is 1.75. The minimum absolute atomic E-state index is 0.700. The largest absolute Gasteiger partial charge is 0.496 e. The first-order chi connectivity index (χ1) is 12.2. The summed E-state index contributed by atoms with van der Waals surface area (Å²) >= 11 is 0. The summed E-state index contributed by atoms with van der Waals surface area (Å²) in [5, 5.41) is 0. The Kier molecular flexibility index (Phi) is 5.83. The van der Waals surface area contributed by atoms with Crippen molar-refractivity contribution in [1.82, 2.24) is 0 Å². The van der Waals surface area contributed by atoms with Gasteiger partial charge in [-0.25, -0.2) is 0 Å². The molecular formula is C19H28N2O4+2. The Hall–Kier alpha value is -2.18. The summed E-state index contributed by atoms with van der Waals surface area (Å²) in [5.41, 5.74) is 1.16. The van der Waals surface area contributed by atoms with Gasteiger partial charge < -0.3 is 28.4 Å². The van der Waals surface area contributed by atoms with Crippen molar-refractivity contribution in [3.05, 3.63) is 41.9 Å². The molecule has 0 saturated carbocycles. The van der Waals surface area contributed by atoms with E-state index in [1.54, 1.807) is 37.4 Å². The number of hydrogen-bond acceptors (Lipinski definition) is 4. The molecular weight excluding hydrogens is 320 g/mol. The zero-order chi connectivity index (χ0) is 17.6. The SMILES string of the molecule is COc1cc(OC)c(OC)cc1C[NH+]1CC[NH+](Cc2ccco2)CC1. The summed E-state index contributed by atoms with van der Waals surface area (Å²) in [7, 11) is 5.01. The summed E-state index contributed by atoms with van der Waals surface area (Å²) < 4.78 is 21.8. The highest BCUT2D eigenvalue weighted by Gasteiger charge is 2.25. The van der Waals surface area contributed by atoms with Crippen molar-refractivity contribution >= 4 is 0 Å². The number of quaternary nitrogens is 2. The Morgan fingerprint density at radius 3 is 2.00 bits per heavy atom. The minimum Gasteiger partial charge on any atom is -0.496 e. The molecule has 2 aromatic rings. The fraction of sp³-hybridized carbons (Fsp3) is 0.474. The quantitative estimate of drug-likeness (QED) is 0.727. The van der Waals surface area contributed by atoms with Gasteiger partial charge in [0, 0.05) is 6.07 Å². The predicted octanol–water partition coefficient (Wildman–Crippen LogP) is -0.211. The number of piperazine rings is 1. The maximum Gasteiger partial charge on any atom is 0.164 e. The number of hydrogen-bond donors (Lipinski definition) is 2. The molecule has 0 bridgehead atoms. The van der Waals surface area contributed by atoms with Crippen molar-refractivity contribution in [2.24, 2.45) is 0 Å². The average molecular weight is 348 g/mol. The second-order valence-electron chi connectivity index (χ2n) is 6.45. The van der Waals surface area contributed by atoms with Crippen molar-refractivity contribution in [2.45, 2.75) is 13.1 Å². The first kappa shape index (κ1) is 17.6. The third-order valence-corrected chi connectivity index (χ3v) is 4.90. The van der Waals surface area contributed by atoms with Gasteiger partial charge in [0.1, 0.15) is 45.0 Å². The van der Waals surface area contributed by atoms with Gasteiger partial charge in [-0.1, -0.05) is 0 Å². The molecule has 1 aliphatic rings. The van der Waals surface area contributed by atoms with E-state index in [1.165, 1.54) is 0 Å². The van der Waals surface area contributed by atoms with Gasteiger partial charge in [-0.05, 0) is 18.2 Å². The van der Waals surface area contributed by atoms with Crippen LogP contribution in [0.1, 0.15) is 11.3 Å². The van der Waals surface area contributed by atoms with Gasteiger partial charge in [-0.3, -0.25) is 0 Å². The molecule has 1 aromatic heterocycles. The van der Waals surface area contributed by atoms with Crippen LogP contribution < -0.4 is 24.0 Å². The second kappa shape index (κ2) is 8.27. The molecule has 25 heavy (non-hydrogen) atoms. The third-order valence-electron chi connectivity index (χ3n) is 4.90. The van der Waals surface area contributed by atoms with Crippen LogP contribution in [0.15, 0.2) is 34.9 Å². The molecule has 3 rings (SSSR count). The van der Waals surface area contributed by atoms with Crippen LogP contribution >= 0.6 is 0 Å². The van der Waals surface area contributed by atoms with Crippen molar-refractivity contribution in [1.29, 1.82) is 0 Å². The van der Waals surface area contributed by atoms with Crippen LogP contribution in [0.5, 0.6) is 17.2 Å². The topological polar surface area (TPSA) is 49.7 Å². The molecule has 0 aliphatic carbocycles. The molecule has 2 N–H and O–H groups in total. The number of benzene rings is 1. The van der Waals surface area contributed by atoms with Crippen LogP contribution in [0, 0.1) is 0 Å². The monoisotopic (exact) mass is 348 g/mol. The molecule has 0 spiro atoms. The zero-order valence-electron chi connectivity index (χ0n) is 15.3. The second-order valence-corrected chi connectivity index (χ2v) is 6.45. The van der Waals surface area contributed by atoms with Crippen LogP contribution in [-0.4, -0.2) is 47.5 Å². The molecule has 6 nitrogen and oxygen atoms in total. The first-order valence-corrected chi connectivity index (χ1v) is 8.72. The summed E-state index contributed by atoms with van der Waals surface area (Å²) in [4.78, 5) is 3.15. The van der Waals surface area contributed by atoms with E-state index in [0.717, 1.165) is 62.1 Å². The van der Waals surface area contributed by atoms with Crippen LogP contribution in [0.3, 0.4) is 0 Å². The summed E-state index contributed by atoms with van der Waals surface area (Å²) in [6.45, 7) is 6.45. The highest BCUT2D eigenvalue weighted by Crippen LogP contribution is 2.34. The lowest BCUT2D eigenvalue weighted by Gasteiger charge is -2.29. The number of furan rings is 1. The molecule has 136 valence electrons. The molecule has 6 heteroatoms. The van der Waals surface area contributed by atoms with E-state index in [1.807, 2.05) is 18.2 Å². The van der Waals surface area contributed by atoms with Gasteiger partial charge in [-0.15, -0.1) is 0 Å². The molecule has 0 atom stereocenters. The molecule has 0 radical (unpaired) electrons. The molecule has 1 aromatic carbocycles. The molecule has 1 saturated heterocycles. The maximum atomic E-state index is 5.55. The van der Waals surface area contributed by atoms with Gasteiger partial charge in [0.25, 0.3) is 0 Å². The number of rotatable bonds is 7. The Bertz CT molecular complexity index is 664. The highest BCUT2D eigenvalue weighted by molar-refractivity contribution is 5.50. The van der Waals surface area contributed by atoms with E-state index >= 15 is 0 Å². The Morgan fingerprint density at radius 2 is 1.44 bits per heavy atom. The normalized spacial score (nSPS) is 20.3. The summed E-state index contributed by atoms with van der Waals surface area (Å²) in [6, 6.07) is 7.96. The van der Waals surface area contributed by atoms with Crippen LogP contribution in [0.4, 0.5) is 0 Å². The smallest absolute Gasteiger partial charge is 0.164 e. The lowest BCUT2D eigenvalue weighted by molar-refractivity contribution is -1.02. The lowest BCUT2D eigenvalue weighted by Crippen LogP contribution is -3.27. The average Bonchev–Trinajstić information content (AvgIpc) is 3.16. The minimum atomic E-state index is 0.700. The maximum absolute atomic E-state index is 5.55. The number of ether oxygens (including phenoxy) is 3. The zero-order valence-corrected chi connectivity index (χ0v) is 15.3. The van der Waals surface area contributed by atoms with Crippen molar-refractivity contribution in [3.63, 3.8) is 0 Å². The number of nitrogens with one attached hydrogen (secondary N) is 2. The van der Waals surface area contributed by atoms with Gasteiger partial charge in [0.05, 0.1) is 33.2 Å². The van der Waals surface area contributed by atoms with E-state index < -0.39 is 0 Å². The van der Waals surface area contributed by atoms with Crippen molar-refractivity contribution in [2.75, 3.05) is 47.5 Å². The summed E-state index contributed by atoms with van der Waals surface area (Å²) in [5.74, 6) is 3.38. The van der Waals surface area contributed by atoms with E-state index in [2.05, 4.69) is 6.07 Å². The number of methoxy groups -OCH3 is 3. The van der Waals surface area contributed by atoms with E-state index in [0.29, 0.717) is 5.75 Å². The predicted molar refractivity (Wildman–Crippen MR) is 93.6 cm³/mol. The Morgan fingerprint density at radius 1 is 0.840 bits per heavy atom. The molecule has 2 heterocycles. The van der Waals surface area contributed by atoms with Crippen LogP contribution in [0.25, 0.3) is 0 Å². The van der Waals surface area contributed by atoms with E-state index in [4.69, 9.17) is 18.6 Å². The third kappa shape index (κ3) is 4.27. The standard InChI is InChI=1S/C19H26N2O4/c1-22-17-12-19(24-3)18(23-2)11-15(17)13-20-6-8-21(9-7-20)14-16-5-4-10-25-16/h4-5,10-12H,6-9,13-14H2,1-3H3/p+2.